The van der Waals surface area contributed by atoms with Crippen LogP contribution in [-0.4, -0.2) is 9.52 Å². The first-order chi connectivity index (χ1) is 28.0. The van der Waals surface area contributed by atoms with Crippen LogP contribution < -0.4 is 10.4 Å². The van der Waals surface area contributed by atoms with E-state index in [9.17, 15) is 0 Å². The maximum Gasteiger partial charge on any atom is 0.121 e. The molecule has 0 aromatic heterocycles. The molecule has 2 aliphatic carbocycles. The molecule has 7 aromatic rings. The molecule has 0 aliphatic heterocycles. The van der Waals surface area contributed by atoms with Crippen LogP contribution in [0.2, 0.25) is 0 Å². The molecule has 0 fully saturated rings. The van der Waals surface area contributed by atoms with Gasteiger partial charge < -0.3 is 0 Å². The molecule has 0 amide bonds. The quantitative estimate of drug-likeness (QED) is 0.111. The zero-order chi connectivity index (χ0) is 40.4. The molecule has 9 rings (SSSR count). The van der Waals surface area contributed by atoms with E-state index in [0.29, 0.717) is 0 Å². The van der Waals surface area contributed by atoms with Gasteiger partial charge in [-0.05, 0) is 73.7 Å². The van der Waals surface area contributed by atoms with Gasteiger partial charge in [-0.2, -0.15) is 17.7 Å². The molecule has 2 radical (unpaired) electrons. The van der Waals surface area contributed by atoms with Crippen LogP contribution in [0.4, 0.5) is 0 Å². The zero-order valence-corrected chi connectivity index (χ0v) is 39.2. The average molecular weight is 859 g/mol. The van der Waals surface area contributed by atoms with E-state index in [4.69, 9.17) is 0 Å². The van der Waals surface area contributed by atoms with Gasteiger partial charge in [0.15, 0.2) is 0 Å². The summed E-state index contributed by atoms with van der Waals surface area (Å²) in [6.07, 6.45) is 5.73. The van der Waals surface area contributed by atoms with Gasteiger partial charge in [-0.3, -0.25) is 0 Å². The topological polar surface area (TPSA) is 0 Å². The van der Waals surface area contributed by atoms with Crippen LogP contribution >= 0.6 is 0 Å². The van der Waals surface area contributed by atoms with Gasteiger partial charge in [0.05, 0.1) is 0 Å². The molecule has 0 N–H and O–H groups in total. The van der Waals surface area contributed by atoms with Crippen molar-refractivity contribution >= 4 is 26.0 Å². The minimum Gasteiger partial charge on any atom is -0.175 e. The van der Waals surface area contributed by atoms with Crippen LogP contribution in [-0.2, 0) is 43.5 Å². The number of hydrogen-bond acceptors (Lipinski definition) is 0. The Bertz CT molecular complexity index is 2510. The first-order valence-electron chi connectivity index (χ1n) is 21.1. The van der Waals surface area contributed by atoms with Gasteiger partial charge in [-0.1, -0.05) is 229 Å². The summed E-state index contributed by atoms with van der Waals surface area (Å²) in [5, 5.41) is 2.79. The maximum absolute atomic E-state index is 4.08. The fraction of sp³-hybridized carbons (Fsp3) is 0.228. The fourth-order valence-corrected chi connectivity index (χ4v) is 9.65. The molecule has 0 spiro atoms. The van der Waals surface area contributed by atoms with Crippen molar-refractivity contribution in [3.05, 3.63) is 208 Å². The van der Waals surface area contributed by atoms with Gasteiger partial charge in [-0.15, -0.1) is 16.7 Å². The Morgan fingerprint density at radius 1 is 0.576 bits per heavy atom. The van der Waals surface area contributed by atoms with E-state index in [-0.39, 0.29) is 43.0 Å². The van der Waals surface area contributed by atoms with Gasteiger partial charge in [0.2, 0.25) is 0 Å². The molecule has 1 atom stereocenters. The van der Waals surface area contributed by atoms with Gasteiger partial charge in [0, 0.05) is 32.1 Å². The summed E-state index contributed by atoms with van der Waals surface area (Å²) < 4.78 is 0. The molecular weight excluding hydrogens is 804 g/mol. The van der Waals surface area contributed by atoms with Crippen molar-refractivity contribution < 1.29 is 26.2 Å². The predicted molar refractivity (Wildman–Crippen MR) is 251 cm³/mol. The Kier molecular flexibility index (Phi) is 12.9. The fourth-order valence-electron chi connectivity index (χ4n) is 8.60. The third-order valence-corrected chi connectivity index (χ3v) is 13.0. The molecule has 1 unspecified atom stereocenters. The number of fused-ring (bicyclic) bond motifs is 4. The van der Waals surface area contributed by atoms with Crippen LogP contribution in [0.3, 0.4) is 0 Å². The Hall–Kier alpha value is -4.62. The SMILES string of the molecule is CCCC1=Cc2c(-c3ccc(-c4ccccc4)cc3)cccc2C1c1[c-]c(C(C)(C)C)cc2c1Cc1ccc(C(C)(C)C)cc1-2.[Zr].c1ccc([Si]c2ccccc2)cc1. The third kappa shape index (κ3) is 9.26. The van der Waals surface area contributed by atoms with E-state index in [1.807, 2.05) is 0 Å². The molecule has 0 saturated heterocycles. The summed E-state index contributed by atoms with van der Waals surface area (Å²) >= 11 is 0. The second-order valence-electron chi connectivity index (χ2n) is 18.0. The largest absolute Gasteiger partial charge is 0.175 e. The molecular formula is C57H55SiZr-. The van der Waals surface area contributed by atoms with Crippen molar-refractivity contribution in [1.82, 2.24) is 0 Å². The van der Waals surface area contributed by atoms with Crippen molar-refractivity contribution in [2.75, 3.05) is 0 Å². The van der Waals surface area contributed by atoms with Crippen molar-refractivity contribution in [1.29, 1.82) is 0 Å². The summed E-state index contributed by atoms with van der Waals surface area (Å²) in [4.78, 5) is 0. The summed E-state index contributed by atoms with van der Waals surface area (Å²) in [6.45, 7) is 16.3. The first-order valence-corrected chi connectivity index (χ1v) is 22.1. The monoisotopic (exact) mass is 857 g/mol. The molecule has 0 heterocycles. The third-order valence-electron chi connectivity index (χ3n) is 11.8. The Morgan fingerprint density at radius 2 is 1.17 bits per heavy atom. The van der Waals surface area contributed by atoms with E-state index in [1.54, 1.807) is 0 Å². The van der Waals surface area contributed by atoms with Crippen molar-refractivity contribution in [3.63, 3.8) is 0 Å². The van der Waals surface area contributed by atoms with Crippen LogP contribution in [0.1, 0.15) is 106 Å². The Morgan fingerprint density at radius 3 is 1.76 bits per heavy atom. The number of hydrogen-bond donors (Lipinski definition) is 0. The van der Waals surface area contributed by atoms with Crippen molar-refractivity contribution in [2.45, 2.75) is 84.5 Å². The van der Waals surface area contributed by atoms with Gasteiger partial charge in [0.25, 0.3) is 0 Å². The van der Waals surface area contributed by atoms with Crippen LogP contribution in [0.25, 0.3) is 39.5 Å². The summed E-state index contributed by atoms with van der Waals surface area (Å²) in [5.74, 6) is 0.232. The molecule has 2 heteroatoms. The van der Waals surface area contributed by atoms with E-state index in [1.165, 1.54) is 88.3 Å². The standard InChI is InChI=1S/C45H45.C12H10Si.Zr/c1-8-13-33-25-39-36(31-20-18-30(19-21-31)29-14-10-9-11-15-29)16-12-17-37(39)43(33)42-28-35(45(5,6)7)27-41-38-26-34(44(2,3)4)23-22-32(38)24-40(41)42;1-3-7-11(8-4-1)13-12-9-5-2-6-10-12;/h9-12,14-23,25-27,43H,8,13,24H2,1-7H3;1-10H;/q-1;;. The van der Waals surface area contributed by atoms with Crippen molar-refractivity contribution in [3.8, 4) is 33.4 Å². The molecule has 292 valence electrons. The number of rotatable bonds is 7. The normalized spacial score (nSPS) is 13.9. The number of allylic oxidation sites excluding steroid dienone is 1. The smallest absolute Gasteiger partial charge is 0.121 e. The molecule has 0 nitrogen and oxygen atoms in total. The van der Waals surface area contributed by atoms with Crippen LogP contribution in [0.15, 0.2) is 163 Å². The maximum atomic E-state index is 4.08. The Balaban J connectivity index is 0.000000321. The van der Waals surface area contributed by atoms with Crippen molar-refractivity contribution in [2.24, 2.45) is 0 Å². The van der Waals surface area contributed by atoms with E-state index >= 15 is 0 Å². The van der Waals surface area contributed by atoms with Gasteiger partial charge >= 0.3 is 0 Å². The number of benzene rings is 7. The minimum atomic E-state index is 0. The summed E-state index contributed by atoms with van der Waals surface area (Å²) in [7, 11) is 0.777. The van der Waals surface area contributed by atoms with Crippen LogP contribution in [0.5, 0.6) is 0 Å². The summed E-state index contributed by atoms with van der Waals surface area (Å²) in [5.41, 5.74) is 19.4. The second kappa shape index (κ2) is 17.9. The minimum absolute atomic E-state index is 0. The molecule has 0 saturated carbocycles. The molecule has 7 aromatic carbocycles. The van der Waals surface area contributed by atoms with E-state index in [2.05, 4.69) is 218 Å². The predicted octanol–water partition coefficient (Wildman–Crippen LogP) is 13.7. The zero-order valence-electron chi connectivity index (χ0n) is 35.8. The van der Waals surface area contributed by atoms with Gasteiger partial charge in [-0.25, -0.2) is 0 Å². The molecule has 59 heavy (non-hydrogen) atoms. The molecule has 2 aliphatic rings. The van der Waals surface area contributed by atoms with Gasteiger partial charge in [0.1, 0.15) is 9.52 Å². The van der Waals surface area contributed by atoms with E-state index in [0.717, 1.165) is 28.8 Å². The first kappa shape index (κ1) is 42.5. The second-order valence-corrected chi connectivity index (χ2v) is 19.5. The Labute approximate surface area is 375 Å². The van der Waals surface area contributed by atoms with Crippen LogP contribution in [0, 0.1) is 6.07 Å². The average Bonchev–Trinajstić information content (AvgIpc) is 3.79. The summed E-state index contributed by atoms with van der Waals surface area (Å²) in [6, 6.07) is 61.6. The van der Waals surface area contributed by atoms with E-state index < -0.39 is 0 Å². The molecule has 0 bridgehead atoms.